The first-order valence-electron chi connectivity index (χ1n) is 21.4. The minimum atomic E-state index is -2.97. The van der Waals surface area contributed by atoms with E-state index in [2.05, 4.69) is 252 Å². The predicted octanol–water partition coefficient (Wildman–Crippen LogP) is 9.74. The fraction of sp³-hybridized carbons (Fsp3) is 0.143. The van der Waals surface area contributed by atoms with Gasteiger partial charge in [-0.3, -0.25) is 0 Å². The van der Waals surface area contributed by atoms with Crippen molar-refractivity contribution < 1.29 is 0 Å². The highest BCUT2D eigenvalue weighted by atomic mass is 28.3. The van der Waals surface area contributed by atoms with Gasteiger partial charge in [-0.15, -0.1) is 0 Å². The number of para-hydroxylation sites is 2. The van der Waals surface area contributed by atoms with Crippen LogP contribution in [0.5, 0.6) is 0 Å². The minimum Gasteiger partial charge on any atom is -0.311 e. The van der Waals surface area contributed by atoms with E-state index in [1.54, 1.807) is 0 Å². The first-order chi connectivity index (χ1) is 29.0. The van der Waals surface area contributed by atoms with Gasteiger partial charge in [-0.05, 0) is 108 Å². The second-order valence-corrected chi connectivity index (χ2v) is 22.4. The van der Waals surface area contributed by atoms with Crippen LogP contribution in [0.1, 0.15) is 52.7 Å². The average molecular weight is 791 g/mol. The molecule has 2 nitrogen and oxygen atoms in total. The number of benzene rings is 8. The zero-order chi connectivity index (χ0) is 41.2. The van der Waals surface area contributed by atoms with Gasteiger partial charge in [0.2, 0.25) is 0 Å². The predicted molar refractivity (Wildman–Crippen MR) is 261 cm³/mol. The Hall–Kier alpha value is -6.36. The van der Waals surface area contributed by atoms with Crippen LogP contribution in [-0.2, 0) is 10.8 Å². The summed E-state index contributed by atoms with van der Waals surface area (Å²) in [6, 6.07) is 76.0. The molecular weight excluding hydrogens is 740 g/mol. The van der Waals surface area contributed by atoms with Gasteiger partial charge in [0, 0.05) is 34.1 Å². The van der Waals surface area contributed by atoms with E-state index < -0.39 is 8.07 Å². The zero-order valence-corrected chi connectivity index (χ0v) is 36.5. The number of fused-ring (bicyclic) bond motifs is 4. The summed E-state index contributed by atoms with van der Waals surface area (Å²) in [6.45, 7) is 13.9. The maximum absolute atomic E-state index is 2.97. The molecule has 60 heavy (non-hydrogen) atoms. The van der Waals surface area contributed by atoms with Crippen molar-refractivity contribution in [3.63, 3.8) is 0 Å². The maximum atomic E-state index is 2.60. The Bertz CT molecular complexity index is 2730. The molecule has 0 saturated heterocycles. The summed E-state index contributed by atoms with van der Waals surface area (Å²) in [5.41, 5.74) is 14.0. The van der Waals surface area contributed by atoms with Gasteiger partial charge in [0.05, 0.1) is 0 Å². The van der Waals surface area contributed by atoms with Gasteiger partial charge in [-0.2, -0.15) is 0 Å². The lowest BCUT2D eigenvalue weighted by Crippen LogP contribution is -2.75. The van der Waals surface area contributed by atoms with E-state index in [0.29, 0.717) is 0 Å². The summed E-state index contributed by atoms with van der Waals surface area (Å²) >= 11 is 0. The standard InChI is InChI=1S/C56H51BN2Si/c1-55(2,3)40-31-34-43(35-32-40)59-51-36-33-41(56(4,5)6)37-49(51)57-48-29-19-20-30-50(48)58(42-21-11-7-12-22-42)52-38-47(39-53(59)54(52)57)60(44-23-13-8-14-24-44,45-25-15-9-16-26-45)46-27-17-10-18-28-46/h7-39H,1-6H3. The highest BCUT2D eigenvalue weighted by molar-refractivity contribution is 7.20. The SMILES string of the molecule is CC(C)(C)c1ccc(N2c3ccc(C(C)(C)C)cc3B3c4ccccc4N(c4ccccc4)c4cc([Si](c5ccccc5)(c5ccccc5)c5ccccc5)cc2c43)cc1. The fourth-order valence-electron chi connectivity index (χ4n) is 9.94. The Kier molecular flexibility index (Phi) is 9.11. The average Bonchev–Trinajstić information content (AvgIpc) is 3.27. The number of hydrogen-bond donors (Lipinski definition) is 0. The van der Waals surface area contributed by atoms with E-state index in [-0.39, 0.29) is 17.5 Å². The molecule has 0 unspecified atom stereocenters. The van der Waals surface area contributed by atoms with E-state index in [1.807, 2.05) is 0 Å². The lowest BCUT2D eigenvalue weighted by Gasteiger charge is -2.46. The first kappa shape index (κ1) is 37.9. The molecule has 8 aromatic rings. The third-order valence-electron chi connectivity index (χ3n) is 12.9. The van der Waals surface area contributed by atoms with Crippen molar-refractivity contribution in [3.05, 3.63) is 211 Å². The Morgan fingerprint density at radius 3 is 1.27 bits per heavy atom. The Morgan fingerprint density at radius 1 is 0.350 bits per heavy atom. The largest absolute Gasteiger partial charge is 0.311 e. The van der Waals surface area contributed by atoms with Crippen molar-refractivity contribution in [3.8, 4) is 0 Å². The van der Waals surface area contributed by atoms with Crippen LogP contribution in [0, 0.1) is 0 Å². The second-order valence-electron chi connectivity index (χ2n) is 18.6. The molecule has 2 heterocycles. The zero-order valence-electron chi connectivity index (χ0n) is 35.5. The molecule has 0 radical (unpaired) electrons. The van der Waals surface area contributed by atoms with E-state index in [0.717, 1.165) is 5.69 Å². The summed E-state index contributed by atoms with van der Waals surface area (Å²) in [5, 5.41) is 5.44. The molecule has 0 aromatic heterocycles. The maximum Gasteiger partial charge on any atom is 0.252 e. The minimum absolute atomic E-state index is 0.0162. The fourth-order valence-corrected chi connectivity index (χ4v) is 14.7. The Balaban J connectivity index is 1.39. The van der Waals surface area contributed by atoms with Gasteiger partial charge >= 0.3 is 0 Å². The topological polar surface area (TPSA) is 6.48 Å². The second kappa shape index (κ2) is 14.4. The van der Waals surface area contributed by atoms with Crippen LogP contribution in [0.2, 0.25) is 0 Å². The summed E-state index contributed by atoms with van der Waals surface area (Å²) in [7, 11) is -2.97. The van der Waals surface area contributed by atoms with Crippen LogP contribution >= 0.6 is 0 Å². The van der Waals surface area contributed by atoms with Gasteiger partial charge in [0.15, 0.2) is 8.07 Å². The Labute approximate surface area is 357 Å². The highest BCUT2D eigenvalue weighted by Crippen LogP contribution is 2.44. The molecule has 0 N–H and O–H groups in total. The molecule has 0 bridgehead atoms. The summed E-state index contributed by atoms with van der Waals surface area (Å²) in [4.78, 5) is 5.14. The van der Waals surface area contributed by atoms with Crippen molar-refractivity contribution in [1.82, 2.24) is 0 Å². The molecular formula is C56H51BN2Si. The van der Waals surface area contributed by atoms with Crippen molar-refractivity contribution in [2.24, 2.45) is 0 Å². The van der Waals surface area contributed by atoms with E-state index >= 15 is 0 Å². The Morgan fingerprint density at radius 2 is 0.767 bits per heavy atom. The normalized spacial score (nSPS) is 13.4. The van der Waals surface area contributed by atoms with Gasteiger partial charge < -0.3 is 9.80 Å². The molecule has 0 saturated carbocycles. The van der Waals surface area contributed by atoms with Gasteiger partial charge in [-0.1, -0.05) is 193 Å². The number of anilines is 6. The van der Waals surface area contributed by atoms with Crippen LogP contribution in [-0.4, -0.2) is 14.8 Å². The molecule has 292 valence electrons. The molecule has 4 heteroatoms. The van der Waals surface area contributed by atoms with Gasteiger partial charge in [0.25, 0.3) is 6.71 Å². The van der Waals surface area contributed by atoms with Crippen molar-refractivity contribution >= 4 is 86.0 Å². The monoisotopic (exact) mass is 790 g/mol. The first-order valence-corrected chi connectivity index (χ1v) is 23.4. The number of rotatable bonds is 6. The van der Waals surface area contributed by atoms with E-state index in [9.17, 15) is 0 Å². The highest BCUT2D eigenvalue weighted by Gasteiger charge is 2.47. The van der Waals surface area contributed by atoms with Crippen molar-refractivity contribution in [1.29, 1.82) is 0 Å². The molecule has 8 aromatic carbocycles. The van der Waals surface area contributed by atoms with Gasteiger partial charge in [0.1, 0.15) is 0 Å². The lowest BCUT2D eigenvalue weighted by atomic mass is 9.33. The molecule has 0 amide bonds. The van der Waals surface area contributed by atoms with Crippen LogP contribution < -0.4 is 46.9 Å². The summed E-state index contributed by atoms with van der Waals surface area (Å²) in [5.74, 6) is 0. The molecule has 2 aliphatic heterocycles. The molecule has 0 aliphatic carbocycles. The van der Waals surface area contributed by atoms with Crippen molar-refractivity contribution in [2.75, 3.05) is 9.80 Å². The molecule has 2 aliphatic rings. The van der Waals surface area contributed by atoms with E-state index in [1.165, 1.54) is 76.7 Å². The number of hydrogen-bond acceptors (Lipinski definition) is 2. The molecule has 0 atom stereocenters. The summed E-state index contributed by atoms with van der Waals surface area (Å²) < 4.78 is 0. The molecule has 0 fully saturated rings. The third-order valence-corrected chi connectivity index (χ3v) is 17.7. The third kappa shape index (κ3) is 6.08. The van der Waals surface area contributed by atoms with Crippen LogP contribution in [0.4, 0.5) is 34.1 Å². The van der Waals surface area contributed by atoms with Crippen molar-refractivity contribution in [2.45, 2.75) is 52.4 Å². The quantitative estimate of drug-likeness (QED) is 0.122. The van der Waals surface area contributed by atoms with E-state index in [4.69, 9.17) is 0 Å². The molecule has 10 rings (SSSR count). The van der Waals surface area contributed by atoms with Crippen LogP contribution in [0.3, 0.4) is 0 Å². The van der Waals surface area contributed by atoms with Crippen LogP contribution in [0.15, 0.2) is 200 Å². The lowest BCUT2D eigenvalue weighted by molar-refractivity contribution is 0.590. The van der Waals surface area contributed by atoms with Crippen LogP contribution in [0.25, 0.3) is 0 Å². The summed E-state index contributed by atoms with van der Waals surface area (Å²) in [6.07, 6.45) is 0. The molecule has 0 spiro atoms. The smallest absolute Gasteiger partial charge is 0.252 e. The van der Waals surface area contributed by atoms with Gasteiger partial charge in [-0.25, -0.2) is 0 Å². The number of nitrogens with zero attached hydrogens (tertiary/aromatic N) is 2.